The summed E-state index contributed by atoms with van der Waals surface area (Å²) in [6.07, 6.45) is 1.11. The van der Waals surface area contributed by atoms with Gasteiger partial charge in [0.25, 0.3) is 0 Å². The van der Waals surface area contributed by atoms with Crippen molar-refractivity contribution in [1.29, 1.82) is 0 Å². The minimum atomic E-state index is 0.353. The first-order valence-corrected chi connectivity index (χ1v) is 8.00. The standard InChI is InChI=1S/C18H21ClN2O/c1-22-17-8-7-15(19)11-14(17)12-21-16-9-10-20-18(16)13-5-3-2-4-6-13/h2-8,11,16,18,20-21H,9-10,12H2,1H3/t16-,18-/m1/s1. The largest absolute Gasteiger partial charge is 0.496 e. The van der Waals surface area contributed by atoms with Gasteiger partial charge in [0.15, 0.2) is 0 Å². The van der Waals surface area contributed by atoms with E-state index in [1.165, 1.54) is 5.56 Å². The second kappa shape index (κ2) is 7.14. The minimum Gasteiger partial charge on any atom is -0.496 e. The minimum absolute atomic E-state index is 0.353. The molecule has 0 aliphatic carbocycles. The molecule has 4 heteroatoms. The average molecular weight is 317 g/mol. The molecule has 1 aliphatic heterocycles. The van der Waals surface area contributed by atoms with E-state index in [1.807, 2.05) is 18.2 Å². The topological polar surface area (TPSA) is 33.3 Å². The van der Waals surface area contributed by atoms with E-state index in [0.29, 0.717) is 12.1 Å². The number of hydrogen-bond donors (Lipinski definition) is 2. The monoisotopic (exact) mass is 316 g/mol. The van der Waals surface area contributed by atoms with Crippen molar-refractivity contribution in [1.82, 2.24) is 10.6 Å². The molecule has 3 nitrogen and oxygen atoms in total. The van der Waals surface area contributed by atoms with Gasteiger partial charge in [-0.05, 0) is 36.7 Å². The van der Waals surface area contributed by atoms with Crippen LogP contribution < -0.4 is 15.4 Å². The van der Waals surface area contributed by atoms with Gasteiger partial charge >= 0.3 is 0 Å². The van der Waals surface area contributed by atoms with E-state index in [1.54, 1.807) is 7.11 Å². The summed E-state index contributed by atoms with van der Waals surface area (Å²) in [5.41, 5.74) is 2.42. The van der Waals surface area contributed by atoms with Crippen LogP contribution in [0.25, 0.3) is 0 Å². The van der Waals surface area contributed by atoms with Crippen molar-refractivity contribution in [2.45, 2.75) is 25.0 Å². The van der Waals surface area contributed by atoms with Crippen molar-refractivity contribution >= 4 is 11.6 Å². The molecule has 0 amide bonds. The maximum atomic E-state index is 6.10. The summed E-state index contributed by atoms with van der Waals surface area (Å²) in [4.78, 5) is 0. The van der Waals surface area contributed by atoms with Gasteiger partial charge in [-0.15, -0.1) is 0 Å². The Hall–Kier alpha value is -1.55. The van der Waals surface area contributed by atoms with Gasteiger partial charge in [0.05, 0.1) is 7.11 Å². The molecule has 0 radical (unpaired) electrons. The molecule has 1 aliphatic rings. The first-order valence-electron chi connectivity index (χ1n) is 7.62. The fourth-order valence-corrected chi connectivity index (χ4v) is 3.25. The highest BCUT2D eigenvalue weighted by atomic mass is 35.5. The molecular formula is C18H21ClN2O. The molecule has 2 aromatic rings. The predicted molar refractivity (Wildman–Crippen MR) is 90.4 cm³/mol. The predicted octanol–water partition coefficient (Wildman–Crippen LogP) is 3.54. The number of ether oxygens (including phenoxy) is 1. The van der Waals surface area contributed by atoms with Gasteiger partial charge in [-0.1, -0.05) is 41.9 Å². The number of nitrogens with one attached hydrogen (secondary N) is 2. The molecule has 116 valence electrons. The van der Waals surface area contributed by atoms with Crippen LogP contribution in [0.1, 0.15) is 23.6 Å². The third kappa shape index (κ3) is 3.43. The lowest BCUT2D eigenvalue weighted by Gasteiger charge is -2.22. The van der Waals surface area contributed by atoms with Crippen molar-refractivity contribution in [2.24, 2.45) is 0 Å². The molecule has 1 heterocycles. The van der Waals surface area contributed by atoms with Gasteiger partial charge in [0, 0.05) is 29.2 Å². The van der Waals surface area contributed by atoms with Gasteiger partial charge in [-0.25, -0.2) is 0 Å². The summed E-state index contributed by atoms with van der Waals surface area (Å²) in [5, 5.41) is 7.96. The molecule has 1 fully saturated rings. The Morgan fingerprint density at radius 3 is 2.82 bits per heavy atom. The van der Waals surface area contributed by atoms with Crippen LogP contribution in [0.2, 0.25) is 5.02 Å². The number of halogens is 1. The van der Waals surface area contributed by atoms with E-state index in [4.69, 9.17) is 16.3 Å². The summed E-state index contributed by atoms with van der Waals surface area (Å²) < 4.78 is 5.41. The normalized spacial score (nSPS) is 21.0. The first-order chi connectivity index (χ1) is 10.8. The molecule has 3 rings (SSSR count). The van der Waals surface area contributed by atoms with E-state index >= 15 is 0 Å². The molecule has 0 unspecified atom stereocenters. The lowest BCUT2D eigenvalue weighted by molar-refractivity contribution is 0.401. The average Bonchev–Trinajstić information content (AvgIpc) is 3.02. The fraction of sp³-hybridized carbons (Fsp3) is 0.333. The number of hydrogen-bond acceptors (Lipinski definition) is 3. The second-order valence-electron chi connectivity index (χ2n) is 5.57. The van der Waals surface area contributed by atoms with Crippen molar-refractivity contribution in [3.8, 4) is 5.75 Å². The lowest BCUT2D eigenvalue weighted by atomic mass is 10.0. The lowest BCUT2D eigenvalue weighted by Crippen LogP contribution is -2.34. The van der Waals surface area contributed by atoms with Crippen molar-refractivity contribution in [2.75, 3.05) is 13.7 Å². The van der Waals surface area contributed by atoms with E-state index < -0.39 is 0 Å². The highest BCUT2D eigenvalue weighted by Crippen LogP contribution is 2.26. The van der Waals surface area contributed by atoms with Crippen molar-refractivity contribution in [3.05, 3.63) is 64.7 Å². The molecule has 0 bridgehead atoms. The SMILES string of the molecule is COc1ccc(Cl)cc1CN[C@@H]1CCN[C@@H]1c1ccccc1. The second-order valence-corrected chi connectivity index (χ2v) is 6.01. The maximum absolute atomic E-state index is 6.10. The van der Waals surface area contributed by atoms with Crippen LogP contribution in [0.15, 0.2) is 48.5 Å². The van der Waals surface area contributed by atoms with Gasteiger partial charge in [-0.3, -0.25) is 0 Å². The highest BCUT2D eigenvalue weighted by Gasteiger charge is 2.27. The van der Waals surface area contributed by atoms with Crippen LogP contribution >= 0.6 is 11.6 Å². The van der Waals surface area contributed by atoms with E-state index in [2.05, 4.69) is 41.0 Å². The van der Waals surface area contributed by atoms with Crippen molar-refractivity contribution < 1.29 is 4.74 Å². The Kier molecular flexibility index (Phi) is 4.98. The van der Waals surface area contributed by atoms with Gasteiger partial charge in [-0.2, -0.15) is 0 Å². The molecule has 2 aromatic carbocycles. The molecule has 0 aromatic heterocycles. The Labute approximate surface area is 136 Å². The van der Waals surface area contributed by atoms with E-state index in [-0.39, 0.29) is 0 Å². The molecule has 0 saturated carbocycles. The van der Waals surface area contributed by atoms with E-state index in [9.17, 15) is 0 Å². The van der Waals surface area contributed by atoms with Crippen LogP contribution in [0, 0.1) is 0 Å². The number of methoxy groups -OCH3 is 1. The summed E-state index contributed by atoms with van der Waals surface area (Å²) in [7, 11) is 1.69. The van der Waals surface area contributed by atoms with Gasteiger partial charge in [0.1, 0.15) is 5.75 Å². The molecule has 2 N–H and O–H groups in total. The number of rotatable bonds is 5. The van der Waals surface area contributed by atoms with Crippen LogP contribution in [0.3, 0.4) is 0 Å². The van der Waals surface area contributed by atoms with Crippen LogP contribution in [-0.2, 0) is 6.54 Å². The third-order valence-electron chi connectivity index (χ3n) is 4.18. The zero-order valence-electron chi connectivity index (χ0n) is 12.7. The molecular weight excluding hydrogens is 296 g/mol. The van der Waals surface area contributed by atoms with Crippen LogP contribution in [-0.4, -0.2) is 19.7 Å². The number of benzene rings is 2. The Balaban J connectivity index is 1.69. The van der Waals surface area contributed by atoms with Gasteiger partial charge in [0.2, 0.25) is 0 Å². The summed E-state index contributed by atoms with van der Waals surface area (Å²) in [6, 6.07) is 17.1. The smallest absolute Gasteiger partial charge is 0.123 e. The summed E-state index contributed by atoms with van der Waals surface area (Å²) in [5.74, 6) is 0.874. The van der Waals surface area contributed by atoms with E-state index in [0.717, 1.165) is 35.8 Å². The molecule has 22 heavy (non-hydrogen) atoms. The van der Waals surface area contributed by atoms with Crippen molar-refractivity contribution in [3.63, 3.8) is 0 Å². The summed E-state index contributed by atoms with van der Waals surface area (Å²) in [6.45, 7) is 1.78. The Morgan fingerprint density at radius 2 is 2.05 bits per heavy atom. The quantitative estimate of drug-likeness (QED) is 0.885. The van der Waals surface area contributed by atoms with Crippen LogP contribution in [0.5, 0.6) is 5.75 Å². The zero-order valence-corrected chi connectivity index (χ0v) is 13.4. The van der Waals surface area contributed by atoms with Gasteiger partial charge < -0.3 is 15.4 Å². The Morgan fingerprint density at radius 1 is 1.23 bits per heavy atom. The zero-order chi connectivity index (χ0) is 15.4. The molecule has 0 spiro atoms. The molecule has 1 saturated heterocycles. The third-order valence-corrected chi connectivity index (χ3v) is 4.41. The highest BCUT2D eigenvalue weighted by molar-refractivity contribution is 6.30. The Bertz CT molecular complexity index is 618. The maximum Gasteiger partial charge on any atom is 0.123 e. The van der Waals surface area contributed by atoms with Crippen LogP contribution in [0.4, 0.5) is 0 Å². The molecule has 2 atom stereocenters. The summed E-state index contributed by atoms with van der Waals surface area (Å²) >= 11 is 6.10. The fourth-order valence-electron chi connectivity index (χ4n) is 3.06. The first kappa shape index (κ1) is 15.3.